The monoisotopic (exact) mass is 388 g/mol. The maximum Gasteiger partial charge on any atom is 0.328 e. The van der Waals surface area contributed by atoms with Crippen molar-refractivity contribution in [3.63, 3.8) is 0 Å². The number of H-pyrrole nitrogens is 1. The molecule has 8 heteroatoms. The van der Waals surface area contributed by atoms with Crippen molar-refractivity contribution in [1.82, 2.24) is 19.8 Å². The van der Waals surface area contributed by atoms with E-state index in [0.717, 1.165) is 30.6 Å². The Bertz CT molecular complexity index is 928. The smallest absolute Gasteiger partial charge is 0.328 e. The lowest BCUT2D eigenvalue weighted by molar-refractivity contribution is 0.0951. The second kappa shape index (κ2) is 9.66. The number of hydrogen-bond acceptors (Lipinski definition) is 5. The molecule has 0 radical (unpaired) electrons. The number of ether oxygens (including phenoxy) is 1. The Kier molecular flexibility index (Phi) is 7.00. The molecule has 0 unspecified atom stereocenters. The highest BCUT2D eigenvalue weighted by molar-refractivity contribution is 5.97. The van der Waals surface area contributed by atoms with Gasteiger partial charge in [0.25, 0.3) is 11.5 Å². The van der Waals surface area contributed by atoms with Gasteiger partial charge >= 0.3 is 5.69 Å². The van der Waals surface area contributed by atoms with Crippen molar-refractivity contribution in [3.05, 3.63) is 44.6 Å². The molecule has 2 N–H and O–H groups in total. The molecular weight excluding hydrogens is 360 g/mol. The van der Waals surface area contributed by atoms with Crippen LogP contribution >= 0.6 is 0 Å². The van der Waals surface area contributed by atoms with Gasteiger partial charge in [0.1, 0.15) is 0 Å². The topological polar surface area (TPSA) is 96.4 Å². The lowest BCUT2D eigenvalue weighted by Crippen LogP contribution is -2.36. The van der Waals surface area contributed by atoms with Crippen molar-refractivity contribution >= 4 is 16.8 Å². The normalized spacial score (nSPS) is 15.0. The summed E-state index contributed by atoms with van der Waals surface area (Å²) in [6.45, 7) is 4.34. The van der Waals surface area contributed by atoms with Crippen LogP contribution < -0.4 is 16.6 Å². The van der Waals surface area contributed by atoms with E-state index in [2.05, 4.69) is 15.2 Å². The van der Waals surface area contributed by atoms with E-state index in [1.807, 2.05) is 0 Å². The van der Waals surface area contributed by atoms with Gasteiger partial charge in [0.15, 0.2) is 0 Å². The van der Waals surface area contributed by atoms with Gasteiger partial charge in [-0.1, -0.05) is 6.42 Å². The second-order valence-corrected chi connectivity index (χ2v) is 7.15. The van der Waals surface area contributed by atoms with Crippen molar-refractivity contribution in [3.8, 4) is 0 Å². The molecule has 2 aromatic rings. The lowest BCUT2D eigenvalue weighted by Gasteiger charge is -2.26. The van der Waals surface area contributed by atoms with E-state index >= 15 is 0 Å². The molecule has 1 amide bonds. The van der Waals surface area contributed by atoms with Crippen molar-refractivity contribution in [1.29, 1.82) is 0 Å². The molecule has 1 aliphatic heterocycles. The van der Waals surface area contributed by atoms with Gasteiger partial charge in [0.2, 0.25) is 0 Å². The number of fused-ring (bicyclic) bond motifs is 1. The second-order valence-electron chi connectivity index (χ2n) is 7.15. The van der Waals surface area contributed by atoms with Crippen LogP contribution in [0.15, 0.2) is 27.8 Å². The number of hydrogen-bond donors (Lipinski definition) is 2. The molecule has 0 bridgehead atoms. The summed E-state index contributed by atoms with van der Waals surface area (Å²) in [5.74, 6) is -0.204. The van der Waals surface area contributed by atoms with Gasteiger partial charge in [0, 0.05) is 19.2 Å². The van der Waals surface area contributed by atoms with E-state index in [-0.39, 0.29) is 24.6 Å². The maximum absolute atomic E-state index is 12.5. The zero-order valence-corrected chi connectivity index (χ0v) is 16.3. The fourth-order valence-corrected chi connectivity index (χ4v) is 3.57. The quantitative estimate of drug-likeness (QED) is 0.656. The molecule has 28 heavy (non-hydrogen) atoms. The third-order valence-corrected chi connectivity index (χ3v) is 5.15. The highest BCUT2D eigenvalue weighted by Crippen LogP contribution is 2.10. The maximum atomic E-state index is 12.5. The molecule has 1 aromatic carbocycles. The number of nitrogens with one attached hydrogen (secondary N) is 2. The molecule has 1 saturated heterocycles. The molecule has 1 fully saturated rings. The molecular formula is C20H28N4O4. The number of amides is 1. The van der Waals surface area contributed by atoms with Crippen molar-refractivity contribution < 1.29 is 9.53 Å². The van der Waals surface area contributed by atoms with E-state index in [9.17, 15) is 14.4 Å². The van der Waals surface area contributed by atoms with Crippen molar-refractivity contribution in [2.45, 2.75) is 32.2 Å². The zero-order chi connectivity index (χ0) is 19.9. The summed E-state index contributed by atoms with van der Waals surface area (Å²) in [6.07, 6.45) is 4.73. The van der Waals surface area contributed by atoms with Crippen LogP contribution in [0.1, 0.15) is 36.0 Å². The van der Waals surface area contributed by atoms with E-state index in [1.54, 1.807) is 18.2 Å². The number of carbonyl (C=O) groups is 1. The fraction of sp³-hybridized carbons (Fsp3) is 0.550. The van der Waals surface area contributed by atoms with Crippen LogP contribution in [0.25, 0.3) is 10.9 Å². The number of rotatable bonds is 8. The summed E-state index contributed by atoms with van der Waals surface area (Å²) < 4.78 is 6.04. The zero-order valence-electron chi connectivity index (χ0n) is 16.3. The van der Waals surface area contributed by atoms with Gasteiger partial charge in [-0.15, -0.1) is 0 Å². The van der Waals surface area contributed by atoms with Gasteiger partial charge in [-0.25, -0.2) is 4.79 Å². The average Bonchev–Trinajstić information content (AvgIpc) is 2.71. The SMILES string of the molecule is COCCn1c(=O)[nH]c2cc(C(=O)NCCCN3CCCCC3)ccc2c1=O. The minimum Gasteiger partial charge on any atom is -0.383 e. The Morgan fingerprint density at radius 3 is 2.71 bits per heavy atom. The first kappa shape index (κ1) is 20.3. The van der Waals surface area contributed by atoms with Gasteiger partial charge < -0.3 is 19.9 Å². The number of benzene rings is 1. The van der Waals surface area contributed by atoms with Crippen molar-refractivity contribution in [2.24, 2.45) is 0 Å². The summed E-state index contributed by atoms with van der Waals surface area (Å²) in [5, 5.41) is 3.29. The van der Waals surface area contributed by atoms with Gasteiger partial charge in [-0.05, 0) is 57.1 Å². The van der Waals surface area contributed by atoms with Crippen LogP contribution in [0.2, 0.25) is 0 Å². The number of aromatic nitrogens is 2. The number of methoxy groups -OCH3 is 1. The van der Waals surface area contributed by atoms with E-state index < -0.39 is 5.69 Å². The van der Waals surface area contributed by atoms with Crippen LogP contribution in [-0.2, 0) is 11.3 Å². The van der Waals surface area contributed by atoms with Gasteiger partial charge in [-0.3, -0.25) is 14.2 Å². The Balaban J connectivity index is 1.63. The number of piperidine rings is 1. The molecule has 152 valence electrons. The highest BCUT2D eigenvalue weighted by Gasteiger charge is 2.12. The fourth-order valence-electron chi connectivity index (χ4n) is 3.57. The average molecular weight is 388 g/mol. The standard InChI is InChI=1S/C20H28N4O4/c1-28-13-12-24-19(26)16-7-6-15(14-17(16)22-20(24)27)18(25)21-8-5-11-23-9-3-2-4-10-23/h6-7,14H,2-5,8-13H2,1H3,(H,21,25)(H,22,27). The molecule has 0 saturated carbocycles. The minimum absolute atomic E-state index is 0.180. The van der Waals surface area contributed by atoms with E-state index in [1.165, 1.54) is 26.4 Å². The first-order valence-corrected chi connectivity index (χ1v) is 9.86. The summed E-state index contributed by atoms with van der Waals surface area (Å²) >= 11 is 0. The third-order valence-electron chi connectivity index (χ3n) is 5.15. The number of likely N-dealkylation sites (tertiary alicyclic amines) is 1. The number of carbonyl (C=O) groups excluding carboxylic acids is 1. The molecule has 0 atom stereocenters. The first-order valence-electron chi connectivity index (χ1n) is 9.86. The Morgan fingerprint density at radius 1 is 1.18 bits per heavy atom. The Labute approximate surface area is 163 Å². The lowest BCUT2D eigenvalue weighted by atomic mass is 10.1. The van der Waals surface area contributed by atoms with Gasteiger partial charge in [-0.2, -0.15) is 0 Å². The molecule has 2 heterocycles. The predicted molar refractivity (Wildman–Crippen MR) is 108 cm³/mol. The van der Waals surface area contributed by atoms with Crippen molar-refractivity contribution in [2.75, 3.05) is 39.9 Å². The molecule has 1 aromatic heterocycles. The molecule has 8 nitrogen and oxygen atoms in total. The van der Waals surface area contributed by atoms with Gasteiger partial charge in [0.05, 0.1) is 24.1 Å². The van der Waals surface area contributed by atoms with E-state index in [0.29, 0.717) is 23.0 Å². The van der Waals surface area contributed by atoms with Crippen LogP contribution in [0, 0.1) is 0 Å². The summed E-state index contributed by atoms with van der Waals surface area (Å²) in [6, 6.07) is 4.75. The largest absolute Gasteiger partial charge is 0.383 e. The molecule has 0 spiro atoms. The van der Waals surface area contributed by atoms with Crippen LogP contribution in [-0.4, -0.2) is 60.3 Å². The highest BCUT2D eigenvalue weighted by atomic mass is 16.5. The summed E-state index contributed by atoms with van der Waals surface area (Å²) in [5.41, 5.74) is -0.0993. The van der Waals surface area contributed by atoms with Crippen LogP contribution in [0.4, 0.5) is 0 Å². The predicted octanol–water partition coefficient (Wildman–Crippen LogP) is 0.942. The summed E-state index contributed by atoms with van der Waals surface area (Å²) in [4.78, 5) is 42.1. The van der Waals surface area contributed by atoms with Crippen LogP contribution in [0.5, 0.6) is 0 Å². The Hall–Kier alpha value is -2.45. The number of nitrogens with zero attached hydrogens (tertiary/aromatic N) is 2. The minimum atomic E-state index is -0.506. The van der Waals surface area contributed by atoms with Crippen LogP contribution in [0.3, 0.4) is 0 Å². The molecule has 1 aliphatic rings. The Morgan fingerprint density at radius 2 is 1.96 bits per heavy atom. The number of aromatic amines is 1. The first-order chi connectivity index (χ1) is 13.6. The third kappa shape index (κ3) is 4.88. The summed E-state index contributed by atoms with van der Waals surface area (Å²) in [7, 11) is 1.51. The molecule has 3 rings (SSSR count). The van der Waals surface area contributed by atoms with E-state index in [4.69, 9.17) is 4.74 Å². The molecule has 0 aliphatic carbocycles.